The molecule has 0 spiro atoms. The fraction of sp³-hybridized carbons (Fsp3) is 0.364. The predicted molar refractivity (Wildman–Crippen MR) is 113 cm³/mol. The van der Waals surface area contributed by atoms with Gasteiger partial charge in [-0.05, 0) is 48.9 Å². The van der Waals surface area contributed by atoms with Crippen molar-refractivity contribution in [3.63, 3.8) is 0 Å². The summed E-state index contributed by atoms with van der Waals surface area (Å²) in [4.78, 5) is 27.3. The average molecular weight is 429 g/mol. The number of hydrogen-bond acceptors (Lipinski definition) is 5. The number of amides is 1. The number of hydrogen-bond donors (Lipinski definition) is 2. The van der Waals surface area contributed by atoms with Crippen LogP contribution < -0.4 is 15.6 Å². The van der Waals surface area contributed by atoms with Gasteiger partial charge in [0.05, 0.1) is 7.11 Å². The van der Waals surface area contributed by atoms with Gasteiger partial charge in [0.2, 0.25) is 5.91 Å². The Balaban J connectivity index is 1.82. The maximum Gasteiger partial charge on any atom is 0.251 e. The molecule has 0 radical (unpaired) electrons. The second-order valence-corrected chi connectivity index (χ2v) is 9.85. The Hall–Kier alpha value is -2.87. The van der Waals surface area contributed by atoms with E-state index in [-0.39, 0.29) is 28.2 Å². The average Bonchev–Trinajstić information content (AvgIpc) is 3.46. The molecule has 2 heterocycles. The van der Waals surface area contributed by atoms with E-state index >= 15 is 0 Å². The highest BCUT2D eigenvalue weighted by Gasteiger charge is 2.27. The number of benzene rings is 1. The molecule has 0 bridgehead atoms. The van der Waals surface area contributed by atoms with Crippen LogP contribution in [0.3, 0.4) is 0 Å². The van der Waals surface area contributed by atoms with Crippen LogP contribution >= 0.6 is 0 Å². The first kappa shape index (κ1) is 20.4. The molecule has 1 atom stereocenters. The van der Waals surface area contributed by atoms with Crippen LogP contribution in [0.2, 0.25) is 0 Å². The summed E-state index contributed by atoms with van der Waals surface area (Å²) in [5.74, 6) is 0.546. The molecule has 1 aliphatic carbocycles. The van der Waals surface area contributed by atoms with Gasteiger partial charge in [-0.25, -0.2) is 8.42 Å². The number of rotatable bonds is 6. The van der Waals surface area contributed by atoms with Gasteiger partial charge in [0, 0.05) is 35.5 Å². The SMILES string of the molecule is COc1cc(C(=C[C@H]2CCC(=O)N2)c2ccc(C3CC3)c(=O)[nH]2)ccc1S(C)(=O)=O. The first-order chi connectivity index (χ1) is 14.3. The van der Waals surface area contributed by atoms with E-state index in [2.05, 4.69) is 10.3 Å². The van der Waals surface area contributed by atoms with Gasteiger partial charge >= 0.3 is 0 Å². The van der Waals surface area contributed by atoms with Gasteiger partial charge in [0.15, 0.2) is 9.84 Å². The molecule has 1 saturated carbocycles. The van der Waals surface area contributed by atoms with Crippen LogP contribution in [0.5, 0.6) is 5.75 Å². The minimum absolute atomic E-state index is 0.0156. The molecule has 0 unspecified atom stereocenters. The highest BCUT2D eigenvalue weighted by atomic mass is 32.2. The van der Waals surface area contributed by atoms with Crippen LogP contribution in [0, 0.1) is 0 Å². The Kier molecular flexibility index (Phi) is 5.27. The highest BCUT2D eigenvalue weighted by Crippen LogP contribution is 2.38. The first-order valence-corrected chi connectivity index (χ1v) is 11.8. The molecule has 7 nitrogen and oxygen atoms in total. The predicted octanol–water partition coefficient (Wildman–Crippen LogP) is 2.37. The highest BCUT2D eigenvalue weighted by molar-refractivity contribution is 7.90. The third-order valence-electron chi connectivity index (χ3n) is 5.52. The van der Waals surface area contributed by atoms with Crippen molar-refractivity contribution in [1.82, 2.24) is 10.3 Å². The van der Waals surface area contributed by atoms with Gasteiger partial charge in [-0.15, -0.1) is 0 Å². The smallest absolute Gasteiger partial charge is 0.251 e. The van der Waals surface area contributed by atoms with Gasteiger partial charge in [0.25, 0.3) is 5.56 Å². The Labute approximate surface area is 175 Å². The Bertz CT molecular complexity index is 1190. The molecule has 30 heavy (non-hydrogen) atoms. The van der Waals surface area contributed by atoms with Crippen molar-refractivity contribution in [1.29, 1.82) is 0 Å². The molecule has 2 N–H and O–H groups in total. The van der Waals surface area contributed by atoms with E-state index in [0.717, 1.165) is 24.7 Å². The molecular weight excluding hydrogens is 404 g/mol. The summed E-state index contributed by atoms with van der Waals surface area (Å²) < 4.78 is 29.4. The number of methoxy groups -OCH3 is 1. The Morgan fingerprint density at radius 2 is 1.90 bits per heavy atom. The minimum Gasteiger partial charge on any atom is -0.495 e. The summed E-state index contributed by atoms with van der Waals surface area (Å²) in [5.41, 5.74) is 2.68. The molecule has 2 fully saturated rings. The number of pyridine rings is 1. The van der Waals surface area contributed by atoms with Gasteiger partial charge in [0.1, 0.15) is 10.6 Å². The van der Waals surface area contributed by atoms with Crippen molar-refractivity contribution < 1.29 is 17.9 Å². The van der Waals surface area contributed by atoms with Crippen molar-refractivity contribution in [3.8, 4) is 5.75 Å². The topological polar surface area (TPSA) is 105 Å². The molecule has 1 aromatic carbocycles. The van der Waals surface area contributed by atoms with E-state index in [4.69, 9.17) is 4.74 Å². The number of carbonyl (C=O) groups excluding carboxylic acids is 1. The fourth-order valence-electron chi connectivity index (χ4n) is 3.80. The summed E-state index contributed by atoms with van der Waals surface area (Å²) in [7, 11) is -2.04. The lowest BCUT2D eigenvalue weighted by atomic mass is 9.98. The number of H-pyrrole nitrogens is 1. The lowest BCUT2D eigenvalue weighted by Gasteiger charge is -2.15. The van der Waals surface area contributed by atoms with Crippen LogP contribution in [0.4, 0.5) is 0 Å². The Morgan fingerprint density at radius 3 is 2.47 bits per heavy atom. The number of nitrogens with one attached hydrogen (secondary N) is 2. The molecule has 1 saturated heterocycles. The molecule has 1 amide bonds. The zero-order valence-corrected chi connectivity index (χ0v) is 17.7. The molecule has 1 aromatic heterocycles. The second-order valence-electron chi connectivity index (χ2n) is 7.86. The molecule has 2 aliphatic rings. The van der Waals surface area contributed by atoms with Gasteiger partial charge in [-0.1, -0.05) is 18.2 Å². The zero-order valence-electron chi connectivity index (χ0n) is 16.9. The molecule has 8 heteroatoms. The number of aromatic nitrogens is 1. The molecule has 2 aromatic rings. The van der Waals surface area contributed by atoms with Crippen molar-refractivity contribution >= 4 is 21.3 Å². The number of sulfone groups is 1. The third-order valence-corrected chi connectivity index (χ3v) is 6.65. The van der Waals surface area contributed by atoms with Crippen LogP contribution in [-0.2, 0) is 14.6 Å². The summed E-state index contributed by atoms with van der Waals surface area (Å²) >= 11 is 0. The fourth-order valence-corrected chi connectivity index (χ4v) is 4.63. The summed E-state index contributed by atoms with van der Waals surface area (Å²) in [5, 5.41) is 2.91. The minimum atomic E-state index is -3.46. The molecule has 158 valence electrons. The summed E-state index contributed by atoms with van der Waals surface area (Å²) in [6.07, 6.45) is 6.20. The Morgan fingerprint density at radius 1 is 1.13 bits per heavy atom. The van der Waals surface area contributed by atoms with E-state index < -0.39 is 9.84 Å². The number of aromatic amines is 1. The lowest BCUT2D eigenvalue weighted by molar-refractivity contribution is -0.119. The van der Waals surface area contributed by atoms with Crippen LogP contribution in [-0.4, -0.2) is 38.7 Å². The van der Waals surface area contributed by atoms with Gasteiger partial charge in [-0.3, -0.25) is 9.59 Å². The summed E-state index contributed by atoms with van der Waals surface area (Å²) in [6.45, 7) is 0. The van der Waals surface area contributed by atoms with E-state index in [1.165, 1.54) is 13.2 Å². The van der Waals surface area contributed by atoms with Crippen molar-refractivity contribution in [2.45, 2.75) is 42.5 Å². The van der Waals surface area contributed by atoms with E-state index in [1.807, 2.05) is 18.2 Å². The van der Waals surface area contributed by atoms with E-state index in [0.29, 0.717) is 35.6 Å². The maximum absolute atomic E-state index is 12.6. The first-order valence-electron chi connectivity index (χ1n) is 9.89. The normalized spacial score (nSPS) is 19.6. The number of ether oxygens (including phenoxy) is 1. The van der Waals surface area contributed by atoms with Crippen molar-refractivity contribution in [2.75, 3.05) is 13.4 Å². The van der Waals surface area contributed by atoms with Crippen LogP contribution in [0.1, 0.15) is 48.4 Å². The maximum atomic E-state index is 12.6. The van der Waals surface area contributed by atoms with Gasteiger partial charge in [-0.2, -0.15) is 0 Å². The van der Waals surface area contributed by atoms with Crippen molar-refractivity contribution in [2.24, 2.45) is 0 Å². The van der Waals surface area contributed by atoms with E-state index in [9.17, 15) is 18.0 Å². The van der Waals surface area contributed by atoms with Crippen LogP contribution in [0.25, 0.3) is 5.57 Å². The van der Waals surface area contributed by atoms with Crippen LogP contribution in [0.15, 0.2) is 46.1 Å². The monoisotopic (exact) mass is 428 g/mol. The van der Waals surface area contributed by atoms with E-state index in [1.54, 1.807) is 12.1 Å². The molecule has 1 aliphatic heterocycles. The van der Waals surface area contributed by atoms with Gasteiger partial charge < -0.3 is 15.0 Å². The quantitative estimate of drug-likeness (QED) is 0.735. The second kappa shape index (κ2) is 7.75. The number of carbonyl (C=O) groups is 1. The largest absolute Gasteiger partial charge is 0.495 e. The lowest BCUT2D eigenvalue weighted by Crippen LogP contribution is -2.23. The zero-order chi connectivity index (χ0) is 21.5. The molecular formula is C22H24N2O5S. The standard InChI is InChI=1S/C22H24N2O5S/c1-29-19-11-14(5-9-20(19)30(2,27)28)17(12-15-6-10-21(25)23-15)18-8-7-16(13-3-4-13)22(26)24-18/h5,7-9,11-13,15H,3-4,6,10H2,1-2H3,(H,23,25)(H,24,26)/t15-/m1/s1. The van der Waals surface area contributed by atoms with Crippen molar-refractivity contribution in [3.05, 3.63) is 63.6 Å². The molecule has 4 rings (SSSR count). The third kappa shape index (κ3) is 4.18. The summed E-state index contributed by atoms with van der Waals surface area (Å²) in [6, 6.07) is 8.39.